The van der Waals surface area contributed by atoms with Crippen molar-refractivity contribution in [3.8, 4) is 0 Å². The third-order valence-corrected chi connectivity index (χ3v) is 9.30. The van der Waals surface area contributed by atoms with Crippen LogP contribution in [0, 0.1) is 10.1 Å². The Kier molecular flexibility index (Phi) is 12.7. The number of ether oxygens (including phenoxy) is 1. The smallest absolute Gasteiger partial charge is 0.336 e. The molecule has 3 aromatic rings. The van der Waals surface area contributed by atoms with Crippen LogP contribution in [0.15, 0.2) is 117 Å². The van der Waals surface area contributed by atoms with Crippen LogP contribution in [0.5, 0.6) is 0 Å². The molecule has 45 heavy (non-hydrogen) atoms. The second-order valence-corrected chi connectivity index (χ2v) is 12.8. The fourth-order valence-corrected chi connectivity index (χ4v) is 7.05. The number of aliphatic carboxylic acids is 1. The third-order valence-electron chi connectivity index (χ3n) is 7.32. The number of dihydropyridines is 1. The molecule has 2 N–H and O–H groups in total. The zero-order chi connectivity index (χ0) is 32.2. The van der Waals surface area contributed by atoms with Gasteiger partial charge in [-0.2, -0.15) is 0 Å². The van der Waals surface area contributed by atoms with Crippen molar-refractivity contribution in [2.75, 3.05) is 37.7 Å². The molecule has 0 fully saturated rings. The van der Waals surface area contributed by atoms with Crippen molar-refractivity contribution in [1.29, 1.82) is 0 Å². The predicted molar refractivity (Wildman–Crippen MR) is 178 cm³/mol. The molecule has 11 heteroatoms. The predicted octanol–water partition coefficient (Wildman–Crippen LogP) is 6.73. The second kappa shape index (κ2) is 16.9. The summed E-state index contributed by atoms with van der Waals surface area (Å²) in [6.07, 6.45) is 0.597. The Balaban J connectivity index is 1.40. The summed E-state index contributed by atoms with van der Waals surface area (Å²) in [6, 6.07) is 26.3. The van der Waals surface area contributed by atoms with Gasteiger partial charge >= 0.3 is 11.9 Å². The molecule has 1 unspecified atom stereocenters. The lowest BCUT2D eigenvalue weighted by molar-refractivity contribution is -0.384. The number of nitro benzene ring substituents is 1. The first-order chi connectivity index (χ1) is 21.7. The molecule has 1 aliphatic heterocycles. The number of carboxylic acid groups (broad SMARTS) is 1. The summed E-state index contributed by atoms with van der Waals surface area (Å²) in [7, 11) is 0. The molecule has 0 bridgehead atoms. The fourth-order valence-electron chi connectivity index (χ4n) is 5.18. The number of rotatable bonds is 16. The summed E-state index contributed by atoms with van der Waals surface area (Å²) in [5, 5.41) is 24.5. The van der Waals surface area contributed by atoms with Crippen LogP contribution in [0.2, 0.25) is 0 Å². The lowest BCUT2D eigenvalue weighted by Gasteiger charge is -2.29. The quantitative estimate of drug-likeness (QED) is 0.0569. The van der Waals surface area contributed by atoms with Crippen LogP contribution >= 0.6 is 23.5 Å². The van der Waals surface area contributed by atoms with Crippen molar-refractivity contribution in [3.63, 3.8) is 0 Å². The molecule has 236 valence electrons. The lowest BCUT2D eigenvalue weighted by atomic mass is 9.80. The third kappa shape index (κ3) is 9.71. The maximum absolute atomic E-state index is 13.5. The summed E-state index contributed by atoms with van der Waals surface area (Å²) < 4.78 is 5.72. The molecule has 0 amide bonds. The number of carboxylic acids is 1. The number of non-ortho nitro benzene ring substituents is 1. The monoisotopic (exact) mass is 647 g/mol. The molecule has 0 aliphatic carbocycles. The topological polar surface area (TPSA) is 122 Å². The van der Waals surface area contributed by atoms with Crippen LogP contribution in [0.1, 0.15) is 31.7 Å². The second-order valence-electron chi connectivity index (χ2n) is 10.4. The van der Waals surface area contributed by atoms with E-state index in [2.05, 4.69) is 34.5 Å². The zero-order valence-corrected chi connectivity index (χ0v) is 26.9. The van der Waals surface area contributed by atoms with Gasteiger partial charge in [0.1, 0.15) is 0 Å². The minimum Gasteiger partial charge on any atom is -0.478 e. The van der Waals surface area contributed by atoms with Gasteiger partial charge in [-0.25, -0.2) is 9.59 Å². The molecule has 1 aliphatic rings. The summed E-state index contributed by atoms with van der Waals surface area (Å²) >= 11 is 3.61. The van der Waals surface area contributed by atoms with Gasteiger partial charge in [-0.05, 0) is 50.1 Å². The van der Waals surface area contributed by atoms with E-state index in [4.69, 9.17) is 4.74 Å². The number of nitrogens with zero attached hydrogens (tertiary/aromatic N) is 2. The van der Waals surface area contributed by atoms with Crippen molar-refractivity contribution in [2.24, 2.45) is 0 Å². The molecular weight excluding hydrogens is 611 g/mol. The van der Waals surface area contributed by atoms with Gasteiger partial charge in [0.25, 0.3) is 5.69 Å². The van der Waals surface area contributed by atoms with Crippen LogP contribution in [-0.2, 0) is 14.3 Å². The van der Waals surface area contributed by atoms with E-state index in [1.54, 1.807) is 43.4 Å². The molecule has 1 heterocycles. The highest BCUT2D eigenvalue weighted by Crippen LogP contribution is 2.39. The van der Waals surface area contributed by atoms with Crippen molar-refractivity contribution in [3.05, 3.63) is 123 Å². The molecule has 0 aromatic heterocycles. The molecule has 4 rings (SSSR count). The van der Waals surface area contributed by atoms with E-state index in [9.17, 15) is 24.8 Å². The summed E-state index contributed by atoms with van der Waals surface area (Å²) in [4.78, 5) is 41.5. The summed E-state index contributed by atoms with van der Waals surface area (Å²) in [6.45, 7) is 5.91. The molecule has 0 saturated heterocycles. The first kappa shape index (κ1) is 33.8. The standard InChI is InChI=1S/C34H37N3O6S2/c1-24-30(33(38)39)32(26-11-9-12-27(23-26)37(41)42)31(25(2)35-24)34(40)43-20-10-17-36(18-21-44-28-13-5-3-6-14-28)19-22-45-29-15-7-4-8-16-29/h3-9,11-16,23,32,35H,10,17-22H2,1-2H3,(H,38,39). The molecule has 0 spiro atoms. The molecule has 0 saturated carbocycles. The van der Waals surface area contributed by atoms with Gasteiger partial charge < -0.3 is 20.1 Å². The van der Waals surface area contributed by atoms with E-state index >= 15 is 0 Å². The van der Waals surface area contributed by atoms with Gasteiger partial charge in [0, 0.05) is 64.5 Å². The van der Waals surface area contributed by atoms with Crippen LogP contribution in [-0.4, -0.2) is 64.6 Å². The Morgan fingerprint density at radius 1 is 0.867 bits per heavy atom. The zero-order valence-electron chi connectivity index (χ0n) is 25.3. The van der Waals surface area contributed by atoms with Gasteiger partial charge in [-0.3, -0.25) is 10.1 Å². The number of thioether (sulfide) groups is 2. The molecule has 0 radical (unpaired) electrons. The van der Waals surface area contributed by atoms with E-state index < -0.39 is 22.8 Å². The van der Waals surface area contributed by atoms with Crippen molar-refractivity contribution < 1.29 is 24.4 Å². The van der Waals surface area contributed by atoms with E-state index in [1.165, 1.54) is 28.0 Å². The number of esters is 1. The van der Waals surface area contributed by atoms with E-state index in [1.807, 2.05) is 36.4 Å². The number of hydrogen-bond donors (Lipinski definition) is 2. The van der Waals surface area contributed by atoms with Crippen LogP contribution in [0.3, 0.4) is 0 Å². The normalized spacial score (nSPS) is 14.8. The maximum Gasteiger partial charge on any atom is 0.336 e. The van der Waals surface area contributed by atoms with Gasteiger partial charge in [-0.15, -0.1) is 23.5 Å². The Labute approximate surface area is 271 Å². The first-order valence-corrected chi connectivity index (χ1v) is 16.6. The van der Waals surface area contributed by atoms with Gasteiger partial charge in [0.2, 0.25) is 0 Å². The largest absolute Gasteiger partial charge is 0.478 e. The van der Waals surface area contributed by atoms with Crippen LogP contribution in [0.4, 0.5) is 5.69 Å². The first-order valence-electron chi connectivity index (χ1n) is 14.7. The average molecular weight is 648 g/mol. The molecule has 1 atom stereocenters. The van der Waals surface area contributed by atoms with E-state index in [0.29, 0.717) is 23.4 Å². The lowest BCUT2D eigenvalue weighted by Crippen LogP contribution is -2.32. The number of allylic oxidation sites excluding steroid dienone is 2. The minimum absolute atomic E-state index is 0.0499. The highest BCUT2D eigenvalue weighted by molar-refractivity contribution is 7.99. The Morgan fingerprint density at radius 2 is 1.44 bits per heavy atom. The SMILES string of the molecule is CC1=C(C(=O)O)C(c2cccc([N+](=O)[O-])c2)C(C(=O)OCCCN(CCSc2ccccc2)CCSc2ccccc2)=C(C)N1. The van der Waals surface area contributed by atoms with Crippen molar-refractivity contribution in [2.45, 2.75) is 36.0 Å². The Bertz CT molecular complexity index is 1500. The fraction of sp³-hybridized carbons (Fsp3) is 0.294. The maximum atomic E-state index is 13.5. The Morgan fingerprint density at radius 3 is 2.00 bits per heavy atom. The highest BCUT2D eigenvalue weighted by atomic mass is 32.2. The van der Waals surface area contributed by atoms with Crippen LogP contribution < -0.4 is 5.32 Å². The van der Waals surface area contributed by atoms with Crippen molar-refractivity contribution >= 4 is 41.1 Å². The number of nitrogens with one attached hydrogen (secondary N) is 1. The summed E-state index contributed by atoms with van der Waals surface area (Å²) in [5.41, 5.74) is 1.06. The van der Waals surface area contributed by atoms with Gasteiger partial charge in [-0.1, -0.05) is 48.5 Å². The molecule has 9 nitrogen and oxygen atoms in total. The minimum atomic E-state index is -1.22. The van der Waals surface area contributed by atoms with Gasteiger partial charge in [0.05, 0.1) is 28.6 Å². The molecular formula is C34H37N3O6S2. The number of hydrogen-bond acceptors (Lipinski definition) is 9. The number of nitro groups is 1. The summed E-state index contributed by atoms with van der Waals surface area (Å²) in [5.74, 6) is -1.03. The number of carbonyl (C=O) groups is 2. The molecule has 3 aromatic carbocycles. The van der Waals surface area contributed by atoms with Gasteiger partial charge in [0.15, 0.2) is 0 Å². The van der Waals surface area contributed by atoms with E-state index in [-0.39, 0.29) is 23.4 Å². The Hall–Kier alpha value is -4.06. The number of carbonyl (C=O) groups excluding carboxylic acids is 1. The highest BCUT2D eigenvalue weighted by Gasteiger charge is 2.37. The van der Waals surface area contributed by atoms with E-state index in [0.717, 1.165) is 31.1 Å². The average Bonchev–Trinajstić information content (AvgIpc) is 3.03. The van der Waals surface area contributed by atoms with Crippen molar-refractivity contribution in [1.82, 2.24) is 10.2 Å². The van der Waals surface area contributed by atoms with Crippen LogP contribution in [0.25, 0.3) is 0 Å². The number of benzene rings is 3.